The predicted molar refractivity (Wildman–Crippen MR) is 380 cm³/mol. The maximum absolute atomic E-state index is 13.7. The smallest absolute Gasteiger partial charge is 0.264 e. The van der Waals surface area contributed by atoms with Gasteiger partial charge in [-0.25, -0.2) is 50.8 Å². The number of carbonyl (C=O) groups excluding carboxylic acids is 1. The molecular formula is C71H63ClN20O5. The number of halogens is 1. The fourth-order valence-electron chi connectivity index (χ4n) is 11.5. The Labute approximate surface area is 558 Å². The van der Waals surface area contributed by atoms with Gasteiger partial charge in [0.15, 0.2) is 40.7 Å². The molecule has 0 aliphatic carbocycles. The van der Waals surface area contributed by atoms with E-state index in [2.05, 4.69) is 94.3 Å². The molecule has 6 aromatic carbocycles. The summed E-state index contributed by atoms with van der Waals surface area (Å²) in [4.78, 5) is 99.6. The molecule has 0 amide bonds. The van der Waals surface area contributed by atoms with Gasteiger partial charge in [-0.1, -0.05) is 123 Å². The second kappa shape index (κ2) is 29.8. The number of hydrogen-bond acceptors (Lipinski definition) is 19. The molecule has 15 aromatic rings. The zero-order valence-electron chi connectivity index (χ0n) is 51.5. The van der Waals surface area contributed by atoms with Crippen LogP contribution in [-0.2, 0) is 0 Å². The molecule has 0 radical (unpaired) electrons. The lowest BCUT2D eigenvalue weighted by atomic mass is 10.0. The van der Waals surface area contributed by atoms with Crippen molar-refractivity contribution in [3.63, 3.8) is 0 Å². The van der Waals surface area contributed by atoms with Gasteiger partial charge >= 0.3 is 0 Å². The van der Waals surface area contributed by atoms with Gasteiger partial charge in [0, 0.05) is 39.7 Å². The van der Waals surface area contributed by atoms with Gasteiger partial charge in [-0.3, -0.25) is 32.9 Å². The molecule has 0 aliphatic rings. The SMILES string of the molecule is C.C=Cc1cccc2cc([C@H](C)Nc3ncnc4nc[nH]c34)n(-c3ccccc3)c(=O)c12.C[C@H](Nc1ncnc2nc[nH]c12)c1cc2cccc(C#N)c2c(=O)n1-c1ccccc1.C[C@H](Nc1ncnc2nc[nH]c12)c1cc2cccc(C=O)c2c(=O)n1-c1ccccc1.Cl.NO. The number of rotatable bonds is 14. The number of H-pyrrole nitrogens is 3. The number of benzene rings is 6. The van der Waals surface area contributed by atoms with Crippen LogP contribution in [0.5, 0.6) is 0 Å². The second-order valence-electron chi connectivity index (χ2n) is 21.5. The Bertz CT molecular complexity index is 5330. The minimum absolute atomic E-state index is 0. The molecule has 9 N–H and O–H groups in total. The van der Waals surface area contributed by atoms with Gasteiger partial charge in [-0.05, 0) is 103 Å². The molecule has 25 nitrogen and oxygen atoms in total. The van der Waals surface area contributed by atoms with Crippen LogP contribution in [0.4, 0.5) is 17.5 Å². The van der Waals surface area contributed by atoms with Crippen LogP contribution in [0.1, 0.15) is 84.9 Å². The lowest BCUT2D eigenvalue weighted by molar-refractivity contribution is 0.112. The molecule has 26 heteroatoms. The molecule has 3 atom stereocenters. The number of nitrogens with one attached hydrogen (secondary N) is 6. The normalized spacial score (nSPS) is 11.7. The van der Waals surface area contributed by atoms with E-state index >= 15 is 0 Å². The highest BCUT2D eigenvalue weighted by Crippen LogP contribution is 2.31. The Hall–Kier alpha value is -12.9. The molecular weight excluding hydrogens is 1250 g/mol. The number of pyridine rings is 3. The highest BCUT2D eigenvalue weighted by atomic mass is 35.5. The number of anilines is 3. The van der Waals surface area contributed by atoms with E-state index in [0.717, 1.165) is 51.2 Å². The van der Waals surface area contributed by atoms with Gasteiger partial charge in [0.25, 0.3) is 16.7 Å². The molecule has 0 unspecified atom stereocenters. The van der Waals surface area contributed by atoms with Crippen molar-refractivity contribution in [3.05, 3.63) is 273 Å². The maximum Gasteiger partial charge on any atom is 0.264 e. The number of nitriles is 1. The standard InChI is InChI=1S/C24H20N6O.C23H17N7O.C23H18N6O2.CH4.ClH.H3NO/c1-3-16-8-7-9-17-12-19(30(24(31)20(16)17)18-10-5-4-6-11-18)15(2)29-23-21-22(26-13-25-21)27-14-28-23;1-14(29-22-20-21(26-12-25-20)27-13-28-22)18-10-15-6-5-7-16(11-24)19(15)23(31)30(18)17-8-3-2-4-9-17;1-14(28-22-20-21(25-12-24-20)26-13-27-22)18-10-15-6-5-7-16(11-30)19(15)23(31)29(18)17-8-3-2-4-9-17;;;1-2/h3-15H,1H2,2H3,(H2,25,26,27,28,29);2-10,12-14H,1H3,(H2,25,26,27,28,29);2-14H,1H3,(H2,24,25,26,27,28);1H4;1H;2H,1H2/t15-;2*14-;;;/m000.../s1. The first-order valence-electron chi connectivity index (χ1n) is 29.7. The van der Waals surface area contributed by atoms with E-state index in [4.69, 9.17) is 5.21 Å². The Kier molecular flexibility index (Phi) is 20.6. The van der Waals surface area contributed by atoms with Crippen molar-refractivity contribution in [2.24, 2.45) is 5.90 Å². The summed E-state index contributed by atoms with van der Waals surface area (Å²) < 4.78 is 5.03. The second-order valence-corrected chi connectivity index (χ2v) is 21.5. The van der Waals surface area contributed by atoms with Crippen molar-refractivity contribution < 1.29 is 10.0 Å². The average Bonchev–Trinajstić information content (AvgIpc) is 1.48. The lowest BCUT2D eigenvalue weighted by Crippen LogP contribution is -2.26. The summed E-state index contributed by atoms with van der Waals surface area (Å²) in [7, 11) is 0. The average molecular weight is 1310 g/mol. The number of para-hydroxylation sites is 3. The van der Waals surface area contributed by atoms with Crippen LogP contribution < -0.4 is 38.5 Å². The highest BCUT2D eigenvalue weighted by molar-refractivity contribution is 5.98. The fourth-order valence-corrected chi connectivity index (χ4v) is 11.5. The van der Waals surface area contributed by atoms with Crippen molar-refractivity contribution >= 4 is 108 Å². The van der Waals surface area contributed by atoms with E-state index < -0.39 is 0 Å². The zero-order valence-corrected chi connectivity index (χ0v) is 52.3. The summed E-state index contributed by atoms with van der Waals surface area (Å²) in [6, 6.07) is 52.0. The Morgan fingerprint density at radius 2 is 0.804 bits per heavy atom. The Morgan fingerprint density at radius 1 is 0.474 bits per heavy atom. The van der Waals surface area contributed by atoms with Crippen LogP contribution in [0, 0.1) is 11.3 Å². The molecule has 0 aliphatic heterocycles. The summed E-state index contributed by atoms with van der Waals surface area (Å²) in [6.45, 7) is 9.79. The number of imidazole rings is 3. The Balaban J connectivity index is 0.000000154. The topological polar surface area (TPSA) is 353 Å². The number of aromatic amines is 3. The van der Waals surface area contributed by atoms with Gasteiger partial charge < -0.3 is 36.1 Å². The first-order chi connectivity index (χ1) is 46.5. The van der Waals surface area contributed by atoms with Crippen molar-refractivity contribution in [2.75, 3.05) is 16.0 Å². The number of carbonyl (C=O) groups is 1. The Morgan fingerprint density at radius 3 is 1.15 bits per heavy atom. The third kappa shape index (κ3) is 13.3. The summed E-state index contributed by atoms with van der Waals surface area (Å²) in [5, 5.41) is 29.9. The third-order valence-corrected chi connectivity index (χ3v) is 15.9. The largest absolute Gasteiger partial charge is 0.360 e. The molecule has 15 rings (SSSR count). The van der Waals surface area contributed by atoms with E-state index in [9.17, 15) is 24.4 Å². The number of nitrogens with two attached hydrogens (primary N) is 1. The van der Waals surface area contributed by atoms with Gasteiger partial charge in [0.1, 0.15) is 35.5 Å². The third-order valence-electron chi connectivity index (χ3n) is 15.9. The van der Waals surface area contributed by atoms with Gasteiger partial charge in [-0.2, -0.15) is 5.26 Å². The number of nitrogens with zero attached hydrogens (tertiary/aromatic N) is 13. The first kappa shape index (κ1) is 67.0. The molecule has 0 saturated carbocycles. The molecule has 97 heavy (non-hydrogen) atoms. The molecule has 484 valence electrons. The van der Waals surface area contributed by atoms with E-state index in [1.165, 1.54) is 19.0 Å². The van der Waals surface area contributed by atoms with Crippen LogP contribution in [-0.4, -0.2) is 85.0 Å². The highest BCUT2D eigenvalue weighted by Gasteiger charge is 2.23. The maximum atomic E-state index is 13.7. The first-order valence-corrected chi connectivity index (χ1v) is 29.7. The van der Waals surface area contributed by atoms with E-state index in [1.54, 1.807) is 63.0 Å². The van der Waals surface area contributed by atoms with Crippen LogP contribution in [0.3, 0.4) is 0 Å². The number of aromatic nitrogens is 15. The zero-order chi connectivity index (χ0) is 66.1. The molecule has 9 heterocycles. The lowest BCUT2D eigenvalue weighted by Gasteiger charge is -2.22. The number of fused-ring (bicyclic) bond motifs is 6. The summed E-state index contributed by atoms with van der Waals surface area (Å²) in [5.74, 6) is 5.30. The molecule has 0 saturated heterocycles. The molecule has 9 aromatic heterocycles. The molecule has 0 fully saturated rings. The number of aldehydes is 1. The predicted octanol–water partition coefficient (Wildman–Crippen LogP) is 12.2. The quantitative estimate of drug-likeness (QED) is 0.0370. The molecule has 0 bridgehead atoms. The summed E-state index contributed by atoms with van der Waals surface area (Å²) >= 11 is 0. The van der Waals surface area contributed by atoms with Gasteiger partial charge in [0.2, 0.25) is 0 Å². The fraction of sp³-hybridized carbons (Fsp3) is 0.0986. The monoisotopic (exact) mass is 1310 g/mol. The van der Waals surface area contributed by atoms with Crippen molar-refractivity contribution in [3.8, 4) is 23.1 Å². The summed E-state index contributed by atoms with van der Waals surface area (Å²) in [5.41, 5.74) is 9.29. The minimum Gasteiger partial charge on any atom is -0.360 e. The van der Waals surface area contributed by atoms with Gasteiger partial charge in [0.05, 0.1) is 64.9 Å². The van der Waals surface area contributed by atoms with Crippen molar-refractivity contribution in [2.45, 2.75) is 46.3 Å². The minimum atomic E-state index is -0.293. The van der Waals surface area contributed by atoms with Crippen LogP contribution in [0.2, 0.25) is 0 Å². The van der Waals surface area contributed by atoms with Crippen molar-refractivity contribution in [1.29, 1.82) is 5.26 Å². The van der Waals surface area contributed by atoms with Crippen LogP contribution >= 0.6 is 12.4 Å². The molecule has 0 spiro atoms. The number of hydrogen-bond donors (Lipinski definition) is 8. The van der Waals surface area contributed by atoms with Crippen LogP contribution in [0.25, 0.3) is 88.9 Å². The van der Waals surface area contributed by atoms with Gasteiger partial charge in [-0.15, -0.1) is 12.4 Å². The van der Waals surface area contributed by atoms with E-state index in [-0.39, 0.29) is 54.6 Å². The van der Waals surface area contributed by atoms with Crippen molar-refractivity contribution in [1.82, 2.24) is 73.5 Å². The van der Waals surface area contributed by atoms with Crippen LogP contribution in [0.15, 0.2) is 223 Å². The van der Waals surface area contributed by atoms with E-state index in [1.807, 2.05) is 160 Å². The van der Waals surface area contributed by atoms with E-state index in [0.29, 0.717) is 89.2 Å². The summed E-state index contributed by atoms with van der Waals surface area (Å²) in [6.07, 6.45) is 11.5.